The number of nitrogens with zero attached hydrogens (tertiary/aromatic N) is 3. The molecule has 2 aromatic carbocycles. The normalized spacial score (nSPS) is 14.1. The molecular weight excluding hydrogens is 381 g/mol. The summed E-state index contributed by atoms with van der Waals surface area (Å²) in [7, 11) is 0. The van der Waals surface area contributed by atoms with E-state index in [1.165, 1.54) is 37.8 Å². The van der Waals surface area contributed by atoms with E-state index < -0.39 is 11.8 Å². The lowest BCUT2D eigenvalue weighted by atomic mass is 10.1. The molecule has 154 valence electrons. The van der Waals surface area contributed by atoms with E-state index in [-0.39, 0.29) is 0 Å². The summed E-state index contributed by atoms with van der Waals surface area (Å²) >= 11 is 0. The standard InChI is InChI=1S/C23H24FN5O/c24-18-8-6-10-20(16-18)26-23(30)25-19-9-5-7-17(15-19)21-11-12-22(28-27-21)29-13-3-1-2-4-14-29/h5-12,15-16H,1-4,13-14H2,(H2,25,26,30). The summed E-state index contributed by atoms with van der Waals surface area (Å²) in [4.78, 5) is 14.5. The van der Waals surface area contributed by atoms with Gasteiger partial charge in [0.2, 0.25) is 0 Å². The number of halogens is 1. The van der Waals surface area contributed by atoms with E-state index >= 15 is 0 Å². The second-order valence-electron chi connectivity index (χ2n) is 7.35. The molecule has 0 radical (unpaired) electrons. The lowest BCUT2D eigenvalue weighted by molar-refractivity contribution is 0.262. The van der Waals surface area contributed by atoms with Crippen LogP contribution in [-0.2, 0) is 0 Å². The zero-order chi connectivity index (χ0) is 20.8. The third-order valence-corrected chi connectivity index (χ3v) is 5.08. The van der Waals surface area contributed by atoms with Gasteiger partial charge in [-0.05, 0) is 55.3 Å². The van der Waals surface area contributed by atoms with Crippen molar-refractivity contribution in [2.24, 2.45) is 0 Å². The zero-order valence-corrected chi connectivity index (χ0v) is 16.6. The number of aromatic nitrogens is 2. The largest absolute Gasteiger partial charge is 0.355 e. The molecule has 7 heteroatoms. The number of carbonyl (C=O) groups is 1. The Kier molecular flexibility index (Phi) is 6.17. The Morgan fingerprint density at radius 3 is 2.20 bits per heavy atom. The van der Waals surface area contributed by atoms with Gasteiger partial charge in [-0.1, -0.05) is 31.0 Å². The zero-order valence-electron chi connectivity index (χ0n) is 16.6. The molecule has 1 aliphatic rings. The maximum atomic E-state index is 13.3. The van der Waals surface area contributed by atoms with E-state index in [4.69, 9.17) is 0 Å². The van der Waals surface area contributed by atoms with Crippen LogP contribution >= 0.6 is 0 Å². The highest BCUT2D eigenvalue weighted by Gasteiger charge is 2.12. The summed E-state index contributed by atoms with van der Waals surface area (Å²) < 4.78 is 13.3. The van der Waals surface area contributed by atoms with E-state index in [2.05, 4.69) is 25.7 Å². The summed E-state index contributed by atoms with van der Waals surface area (Å²) in [6, 6.07) is 16.7. The van der Waals surface area contributed by atoms with Crippen molar-refractivity contribution in [1.82, 2.24) is 10.2 Å². The summed E-state index contributed by atoms with van der Waals surface area (Å²) in [5.74, 6) is 0.501. The molecule has 1 fully saturated rings. The first-order valence-electron chi connectivity index (χ1n) is 10.2. The van der Waals surface area contributed by atoms with Gasteiger partial charge in [-0.25, -0.2) is 9.18 Å². The molecule has 0 atom stereocenters. The molecule has 2 amide bonds. The smallest absolute Gasteiger partial charge is 0.323 e. The van der Waals surface area contributed by atoms with Gasteiger partial charge in [0, 0.05) is 30.0 Å². The first-order chi connectivity index (χ1) is 14.7. The van der Waals surface area contributed by atoms with E-state index in [0.29, 0.717) is 11.4 Å². The van der Waals surface area contributed by atoms with Crippen molar-refractivity contribution in [3.8, 4) is 11.3 Å². The summed E-state index contributed by atoms with van der Waals surface area (Å²) in [5, 5.41) is 14.2. The van der Waals surface area contributed by atoms with Crippen molar-refractivity contribution >= 4 is 23.2 Å². The van der Waals surface area contributed by atoms with Gasteiger partial charge in [0.1, 0.15) is 5.82 Å². The number of hydrogen-bond donors (Lipinski definition) is 2. The van der Waals surface area contributed by atoms with Gasteiger partial charge >= 0.3 is 6.03 Å². The van der Waals surface area contributed by atoms with Gasteiger partial charge in [0.15, 0.2) is 5.82 Å². The molecule has 6 nitrogen and oxygen atoms in total. The SMILES string of the molecule is O=C(Nc1cccc(F)c1)Nc1cccc(-c2ccc(N3CCCCCC3)nn2)c1. The number of hydrogen-bond acceptors (Lipinski definition) is 4. The van der Waals surface area contributed by atoms with Crippen LogP contribution in [-0.4, -0.2) is 29.3 Å². The van der Waals surface area contributed by atoms with Gasteiger partial charge < -0.3 is 15.5 Å². The van der Waals surface area contributed by atoms with Crippen LogP contribution in [0.4, 0.5) is 26.4 Å². The first-order valence-corrected chi connectivity index (χ1v) is 10.2. The number of carbonyl (C=O) groups excluding carboxylic acids is 1. The average molecular weight is 405 g/mol. The molecule has 1 aromatic heterocycles. The van der Waals surface area contributed by atoms with Crippen LogP contribution in [0.2, 0.25) is 0 Å². The van der Waals surface area contributed by atoms with E-state index in [9.17, 15) is 9.18 Å². The second kappa shape index (κ2) is 9.35. The van der Waals surface area contributed by atoms with Crippen molar-refractivity contribution in [2.75, 3.05) is 28.6 Å². The summed E-state index contributed by atoms with van der Waals surface area (Å²) in [6.45, 7) is 2.04. The predicted octanol–water partition coefficient (Wildman–Crippen LogP) is 5.31. The Morgan fingerprint density at radius 1 is 0.833 bits per heavy atom. The minimum absolute atomic E-state index is 0.388. The van der Waals surface area contributed by atoms with E-state index in [1.54, 1.807) is 18.2 Å². The van der Waals surface area contributed by atoms with Crippen LogP contribution < -0.4 is 15.5 Å². The Labute approximate surface area is 175 Å². The van der Waals surface area contributed by atoms with Crippen LogP contribution in [0.15, 0.2) is 60.7 Å². The third kappa shape index (κ3) is 5.11. The molecular formula is C23H24FN5O. The van der Waals surface area contributed by atoms with Crippen molar-refractivity contribution < 1.29 is 9.18 Å². The maximum Gasteiger partial charge on any atom is 0.323 e. The Bertz CT molecular complexity index is 1000. The molecule has 0 spiro atoms. The van der Waals surface area contributed by atoms with Gasteiger partial charge in [-0.3, -0.25) is 0 Å². The number of amides is 2. The molecule has 0 aliphatic carbocycles. The molecule has 2 heterocycles. The molecule has 1 saturated heterocycles. The maximum absolute atomic E-state index is 13.3. The third-order valence-electron chi connectivity index (χ3n) is 5.08. The fourth-order valence-corrected chi connectivity index (χ4v) is 3.56. The fourth-order valence-electron chi connectivity index (χ4n) is 3.56. The number of nitrogens with one attached hydrogen (secondary N) is 2. The van der Waals surface area contributed by atoms with Crippen LogP contribution in [0.1, 0.15) is 25.7 Å². The van der Waals surface area contributed by atoms with E-state index in [0.717, 1.165) is 30.2 Å². The molecule has 30 heavy (non-hydrogen) atoms. The van der Waals surface area contributed by atoms with Crippen LogP contribution in [0.5, 0.6) is 0 Å². The number of rotatable bonds is 4. The molecule has 0 saturated carbocycles. The van der Waals surface area contributed by atoms with Crippen LogP contribution in [0.3, 0.4) is 0 Å². The lowest BCUT2D eigenvalue weighted by Crippen LogP contribution is -2.25. The molecule has 0 bridgehead atoms. The number of benzene rings is 2. The second-order valence-corrected chi connectivity index (χ2v) is 7.35. The van der Waals surface area contributed by atoms with Gasteiger partial charge in [0.05, 0.1) is 5.69 Å². The summed E-state index contributed by atoms with van der Waals surface area (Å²) in [5.41, 5.74) is 2.59. The highest BCUT2D eigenvalue weighted by atomic mass is 19.1. The average Bonchev–Trinajstić information content (AvgIpc) is 3.04. The monoisotopic (exact) mass is 405 g/mol. The topological polar surface area (TPSA) is 70.2 Å². The quantitative estimate of drug-likeness (QED) is 0.617. The van der Waals surface area contributed by atoms with Crippen molar-refractivity contribution in [1.29, 1.82) is 0 Å². The van der Waals surface area contributed by atoms with Crippen molar-refractivity contribution in [3.63, 3.8) is 0 Å². The highest BCUT2D eigenvalue weighted by molar-refractivity contribution is 6.00. The highest BCUT2D eigenvalue weighted by Crippen LogP contribution is 2.23. The minimum atomic E-state index is -0.444. The number of anilines is 3. The fraction of sp³-hybridized carbons (Fsp3) is 0.261. The Hall–Kier alpha value is -3.48. The van der Waals surface area contributed by atoms with Gasteiger partial charge in [-0.15, -0.1) is 10.2 Å². The Morgan fingerprint density at radius 2 is 1.53 bits per heavy atom. The summed E-state index contributed by atoms with van der Waals surface area (Å²) in [6.07, 6.45) is 4.92. The van der Waals surface area contributed by atoms with Crippen LogP contribution in [0.25, 0.3) is 11.3 Å². The minimum Gasteiger partial charge on any atom is -0.355 e. The first kappa shape index (κ1) is 19.8. The van der Waals surface area contributed by atoms with Crippen molar-refractivity contribution in [3.05, 3.63) is 66.5 Å². The van der Waals surface area contributed by atoms with Gasteiger partial charge in [-0.2, -0.15) is 0 Å². The number of urea groups is 1. The molecule has 3 aromatic rings. The Balaban J connectivity index is 1.43. The van der Waals surface area contributed by atoms with E-state index in [1.807, 2.05) is 30.3 Å². The molecule has 4 rings (SSSR count). The molecule has 0 unspecified atom stereocenters. The van der Waals surface area contributed by atoms with Crippen molar-refractivity contribution in [2.45, 2.75) is 25.7 Å². The molecule has 1 aliphatic heterocycles. The predicted molar refractivity (Wildman–Crippen MR) is 117 cm³/mol. The van der Waals surface area contributed by atoms with Gasteiger partial charge in [0.25, 0.3) is 0 Å². The van der Waals surface area contributed by atoms with Crippen LogP contribution in [0, 0.1) is 5.82 Å². The lowest BCUT2D eigenvalue weighted by Gasteiger charge is -2.20. The molecule has 2 N–H and O–H groups in total.